The van der Waals surface area contributed by atoms with Gasteiger partial charge < -0.3 is 20.1 Å². The maximum atomic E-state index is 12.0. The van der Waals surface area contributed by atoms with E-state index in [0.29, 0.717) is 25.6 Å². The van der Waals surface area contributed by atoms with Crippen molar-refractivity contribution in [2.45, 2.75) is 38.4 Å². The molecule has 0 aliphatic carbocycles. The number of hydrogen-bond donors (Lipinski definition) is 1. The summed E-state index contributed by atoms with van der Waals surface area (Å²) >= 11 is 0. The van der Waals surface area contributed by atoms with E-state index in [1.165, 1.54) is 0 Å². The molecule has 2 saturated heterocycles. The third kappa shape index (κ3) is 2.40. The van der Waals surface area contributed by atoms with Gasteiger partial charge >= 0.3 is 6.09 Å². The Hall–Kier alpha value is -0.810. The second-order valence-electron chi connectivity index (χ2n) is 5.96. The quantitative estimate of drug-likeness (QED) is 0.744. The smallest absolute Gasteiger partial charge is 0.410 e. The fraction of sp³-hybridized carbons (Fsp3) is 0.917. The molecule has 98 valence electrons. The Morgan fingerprint density at radius 1 is 1.59 bits per heavy atom. The monoisotopic (exact) mass is 242 g/mol. The predicted molar refractivity (Wildman–Crippen MR) is 63.7 cm³/mol. The van der Waals surface area contributed by atoms with Crippen LogP contribution in [-0.2, 0) is 9.47 Å². The number of ether oxygens (including phenoxy) is 2. The molecule has 0 spiro atoms. The molecule has 0 saturated carbocycles. The minimum atomic E-state index is -0.453. The fourth-order valence-corrected chi connectivity index (χ4v) is 2.63. The molecule has 2 aliphatic rings. The van der Waals surface area contributed by atoms with Crippen LogP contribution >= 0.6 is 0 Å². The average Bonchev–Trinajstić information content (AvgIpc) is 2.70. The van der Waals surface area contributed by atoms with Crippen LogP contribution in [0.15, 0.2) is 0 Å². The Kier molecular flexibility index (Phi) is 3.08. The summed E-state index contributed by atoms with van der Waals surface area (Å²) in [5.74, 6) is 0.361. The van der Waals surface area contributed by atoms with E-state index in [2.05, 4.69) is 0 Å². The lowest BCUT2D eigenvalue weighted by molar-refractivity contribution is -0.00694. The standard InChI is InChI=1S/C12H22N2O3/c1-11(2,3)17-10(15)14-6-9-4-5-16-12(9,7-13)8-14/h9H,4-8,13H2,1-3H3/t9-,12+/m0/s1. The molecule has 0 unspecified atom stereocenters. The van der Waals surface area contributed by atoms with Crippen LogP contribution in [0.5, 0.6) is 0 Å². The van der Waals surface area contributed by atoms with Crippen molar-refractivity contribution in [1.82, 2.24) is 4.90 Å². The van der Waals surface area contributed by atoms with Crippen molar-refractivity contribution >= 4 is 6.09 Å². The van der Waals surface area contributed by atoms with E-state index < -0.39 is 5.60 Å². The van der Waals surface area contributed by atoms with Gasteiger partial charge in [0.25, 0.3) is 0 Å². The van der Waals surface area contributed by atoms with Crippen LogP contribution in [0.25, 0.3) is 0 Å². The topological polar surface area (TPSA) is 64.8 Å². The Bertz CT molecular complexity index is 313. The van der Waals surface area contributed by atoms with E-state index in [1.54, 1.807) is 4.90 Å². The zero-order chi connectivity index (χ0) is 12.7. The molecule has 0 aromatic heterocycles. The first-order chi connectivity index (χ1) is 7.86. The first-order valence-electron chi connectivity index (χ1n) is 6.18. The molecule has 17 heavy (non-hydrogen) atoms. The van der Waals surface area contributed by atoms with Crippen molar-refractivity contribution in [3.63, 3.8) is 0 Å². The van der Waals surface area contributed by atoms with E-state index in [4.69, 9.17) is 15.2 Å². The molecule has 0 radical (unpaired) electrons. The van der Waals surface area contributed by atoms with Gasteiger partial charge in [-0.05, 0) is 27.2 Å². The highest BCUT2D eigenvalue weighted by Crippen LogP contribution is 2.38. The van der Waals surface area contributed by atoms with Gasteiger partial charge in [-0.15, -0.1) is 0 Å². The van der Waals surface area contributed by atoms with Gasteiger partial charge in [-0.1, -0.05) is 0 Å². The number of carbonyl (C=O) groups excluding carboxylic acids is 1. The van der Waals surface area contributed by atoms with Gasteiger partial charge in [-0.3, -0.25) is 0 Å². The number of amides is 1. The molecule has 2 N–H and O–H groups in total. The van der Waals surface area contributed by atoms with E-state index >= 15 is 0 Å². The molecule has 5 heteroatoms. The first-order valence-corrected chi connectivity index (χ1v) is 6.18. The lowest BCUT2D eigenvalue weighted by atomic mass is 9.91. The fourth-order valence-electron chi connectivity index (χ4n) is 2.63. The summed E-state index contributed by atoms with van der Waals surface area (Å²) in [6, 6.07) is 0. The SMILES string of the molecule is CC(C)(C)OC(=O)N1C[C@@H]2CCO[C@]2(CN)C1. The van der Waals surface area contributed by atoms with Crippen molar-refractivity contribution in [3.8, 4) is 0 Å². The van der Waals surface area contributed by atoms with Crippen molar-refractivity contribution < 1.29 is 14.3 Å². The number of fused-ring (bicyclic) bond motifs is 1. The summed E-state index contributed by atoms with van der Waals surface area (Å²) in [6.07, 6.45) is 0.722. The van der Waals surface area contributed by atoms with Gasteiger partial charge in [0.2, 0.25) is 0 Å². The lowest BCUT2D eigenvalue weighted by Gasteiger charge is -2.27. The zero-order valence-electron chi connectivity index (χ0n) is 10.9. The molecule has 5 nitrogen and oxygen atoms in total. The van der Waals surface area contributed by atoms with Gasteiger partial charge in [-0.2, -0.15) is 0 Å². The zero-order valence-corrected chi connectivity index (χ0v) is 10.9. The number of nitrogens with two attached hydrogens (primary N) is 1. The molecule has 0 aromatic carbocycles. The van der Waals surface area contributed by atoms with Gasteiger partial charge in [-0.25, -0.2) is 4.79 Å². The van der Waals surface area contributed by atoms with Crippen LogP contribution in [0.2, 0.25) is 0 Å². The molecule has 2 aliphatic heterocycles. The Morgan fingerprint density at radius 3 is 2.82 bits per heavy atom. The number of carbonyl (C=O) groups is 1. The number of likely N-dealkylation sites (tertiary alicyclic amines) is 1. The molecule has 2 heterocycles. The van der Waals surface area contributed by atoms with E-state index in [-0.39, 0.29) is 11.7 Å². The minimum Gasteiger partial charge on any atom is -0.444 e. The Balaban J connectivity index is 2.00. The molecular weight excluding hydrogens is 220 g/mol. The van der Waals surface area contributed by atoms with Crippen molar-refractivity contribution in [2.75, 3.05) is 26.2 Å². The predicted octanol–water partition coefficient (Wildman–Crippen LogP) is 0.971. The largest absolute Gasteiger partial charge is 0.444 e. The molecule has 1 amide bonds. The summed E-state index contributed by atoms with van der Waals surface area (Å²) in [7, 11) is 0. The second kappa shape index (κ2) is 4.14. The van der Waals surface area contributed by atoms with Crippen LogP contribution in [0, 0.1) is 5.92 Å². The third-order valence-electron chi connectivity index (χ3n) is 3.50. The highest BCUT2D eigenvalue weighted by Gasteiger charge is 2.51. The number of nitrogens with zero attached hydrogens (tertiary/aromatic N) is 1. The average molecular weight is 242 g/mol. The third-order valence-corrected chi connectivity index (χ3v) is 3.50. The summed E-state index contributed by atoms with van der Waals surface area (Å²) in [6.45, 7) is 8.10. The van der Waals surface area contributed by atoms with Crippen molar-refractivity contribution in [3.05, 3.63) is 0 Å². The van der Waals surface area contributed by atoms with E-state index in [1.807, 2.05) is 20.8 Å². The van der Waals surface area contributed by atoms with Crippen molar-refractivity contribution in [1.29, 1.82) is 0 Å². The maximum Gasteiger partial charge on any atom is 0.410 e. The normalized spacial score (nSPS) is 32.7. The van der Waals surface area contributed by atoms with Gasteiger partial charge in [0, 0.05) is 25.6 Å². The Labute approximate surface area is 102 Å². The van der Waals surface area contributed by atoms with Crippen LogP contribution in [0.4, 0.5) is 4.79 Å². The first kappa shape index (κ1) is 12.6. The number of hydrogen-bond acceptors (Lipinski definition) is 4. The van der Waals surface area contributed by atoms with Crippen LogP contribution in [0.1, 0.15) is 27.2 Å². The minimum absolute atomic E-state index is 0.261. The molecular formula is C12H22N2O3. The molecule has 2 rings (SSSR count). The van der Waals surface area contributed by atoms with Gasteiger partial charge in [0.15, 0.2) is 0 Å². The van der Waals surface area contributed by atoms with E-state index in [0.717, 1.165) is 13.0 Å². The van der Waals surface area contributed by atoms with Crippen LogP contribution in [-0.4, -0.2) is 48.4 Å². The Morgan fingerprint density at radius 2 is 2.29 bits per heavy atom. The maximum absolute atomic E-state index is 12.0. The molecule has 2 fully saturated rings. The highest BCUT2D eigenvalue weighted by molar-refractivity contribution is 5.68. The van der Waals surface area contributed by atoms with Crippen LogP contribution < -0.4 is 5.73 Å². The molecule has 2 atom stereocenters. The van der Waals surface area contributed by atoms with Gasteiger partial charge in [0.05, 0.1) is 6.54 Å². The molecule has 0 bridgehead atoms. The number of rotatable bonds is 1. The summed E-state index contributed by atoms with van der Waals surface area (Å²) < 4.78 is 11.1. The summed E-state index contributed by atoms with van der Waals surface area (Å²) in [5, 5.41) is 0. The summed E-state index contributed by atoms with van der Waals surface area (Å²) in [4.78, 5) is 13.7. The molecule has 0 aromatic rings. The van der Waals surface area contributed by atoms with Gasteiger partial charge in [0.1, 0.15) is 11.2 Å². The van der Waals surface area contributed by atoms with Crippen molar-refractivity contribution in [2.24, 2.45) is 11.7 Å². The summed E-state index contributed by atoms with van der Waals surface area (Å²) in [5.41, 5.74) is 5.02. The highest BCUT2D eigenvalue weighted by atomic mass is 16.6. The van der Waals surface area contributed by atoms with Crippen LogP contribution in [0.3, 0.4) is 0 Å². The second-order valence-corrected chi connectivity index (χ2v) is 5.96. The lowest BCUT2D eigenvalue weighted by Crippen LogP contribution is -2.45. The van der Waals surface area contributed by atoms with E-state index in [9.17, 15) is 4.79 Å².